The van der Waals surface area contributed by atoms with E-state index in [0.717, 1.165) is 36.1 Å². The van der Waals surface area contributed by atoms with E-state index < -0.39 is 0 Å². The zero-order valence-electron chi connectivity index (χ0n) is 11.8. The topological polar surface area (TPSA) is 20.3 Å². The Kier molecular flexibility index (Phi) is 3.42. The Hall–Kier alpha value is -1.19. The third-order valence-electron chi connectivity index (χ3n) is 4.83. The zero-order chi connectivity index (χ0) is 13.3. The van der Waals surface area contributed by atoms with Gasteiger partial charge in [-0.25, -0.2) is 0 Å². The monoisotopic (exact) mass is 259 g/mol. The van der Waals surface area contributed by atoms with Crippen LogP contribution in [0.5, 0.6) is 0 Å². The number of hydrogen-bond acceptors (Lipinski definition) is 2. The van der Waals surface area contributed by atoms with Gasteiger partial charge in [-0.3, -0.25) is 9.69 Å². The number of nitrogens with zero attached hydrogens (tertiary/aromatic N) is 2. The van der Waals surface area contributed by atoms with Crippen molar-refractivity contribution in [3.8, 4) is 0 Å². The molecule has 3 saturated heterocycles. The molecule has 0 atom stereocenters. The number of fused-ring (bicyclic) bond motifs is 3. The van der Waals surface area contributed by atoms with Crippen molar-refractivity contribution >= 4 is 5.78 Å². The van der Waals surface area contributed by atoms with E-state index in [4.69, 9.17) is 0 Å². The average Bonchev–Trinajstić information content (AvgIpc) is 2.49. The van der Waals surface area contributed by atoms with Gasteiger partial charge in [0, 0.05) is 25.2 Å². The zero-order valence-corrected chi connectivity index (χ0v) is 11.8. The van der Waals surface area contributed by atoms with Crippen LogP contribution in [-0.4, -0.2) is 61.0 Å². The van der Waals surface area contributed by atoms with Crippen molar-refractivity contribution in [1.29, 1.82) is 0 Å². The Balaban J connectivity index is 1.70. The summed E-state index contributed by atoms with van der Waals surface area (Å²) in [5, 5.41) is 0. The lowest BCUT2D eigenvalue weighted by Crippen LogP contribution is -2.68. The summed E-state index contributed by atoms with van der Waals surface area (Å²) in [7, 11) is 0. The Morgan fingerprint density at radius 3 is 2.21 bits per heavy atom. The first-order valence-corrected chi connectivity index (χ1v) is 7.40. The second kappa shape index (κ2) is 5.06. The number of aryl methyl sites for hydroxylation is 1. The second-order valence-electron chi connectivity index (χ2n) is 5.99. The third kappa shape index (κ3) is 2.58. The van der Waals surface area contributed by atoms with Crippen LogP contribution in [0.1, 0.15) is 22.8 Å². The molecule has 2 bridgehead atoms. The second-order valence-corrected chi connectivity index (χ2v) is 5.99. The van der Waals surface area contributed by atoms with Crippen LogP contribution in [0.15, 0.2) is 24.3 Å². The molecule has 4 rings (SSSR count). The van der Waals surface area contributed by atoms with Gasteiger partial charge in [0.05, 0.1) is 19.6 Å². The SMILES string of the molecule is CCc1ccc(C(=O)C[N+]23CCN(CC2)CC3)cc1. The van der Waals surface area contributed by atoms with E-state index >= 15 is 0 Å². The number of Topliss-reactive ketones (excluding diaryl/α,β-unsaturated/α-hetero) is 1. The third-order valence-corrected chi connectivity index (χ3v) is 4.83. The summed E-state index contributed by atoms with van der Waals surface area (Å²) in [6.45, 7) is 9.80. The Labute approximate surface area is 115 Å². The van der Waals surface area contributed by atoms with Gasteiger partial charge in [0.1, 0.15) is 6.54 Å². The van der Waals surface area contributed by atoms with Gasteiger partial charge in [-0.2, -0.15) is 0 Å². The van der Waals surface area contributed by atoms with E-state index in [9.17, 15) is 4.79 Å². The number of benzene rings is 1. The average molecular weight is 259 g/mol. The summed E-state index contributed by atoms with van der Waals surface area (Å²) in [5.41, 5.74) is 2.19. The summed E-state index contributed by atoms with van der Waals surface area (Å²) < 4.78 is 1.02. The van der Waals surface area contributed by atoms with Crippen LogP contribution >= 0.6 is 0 Å². The highest BCUT2D eigenvalue weighted by atomic mass is 16.1. The van der Waals surface area contributed by atoms with Gasteiger partial charge < -0.3 is 4.48 Å². The predicted molar refractivity (Wildman–Crippen MR) is 76.3 cm³/mol. The van der Waals surface area contributed by atoms with Crippen molar-refractivity contribution < 1.29 is 9.28 Å². The van der Waals surface area contributed by atoms with Crippen molar-refractivity contribution in [1.82, 2.24) is 4.90 Å². The largest absolute Gasteiger partial charge is 0.314 e. The molecule has 0 amide bonds. The van der Waals surface area contributed by atoms with Crippen molar-refractivity contribution in [3.63, 3.8) is 0 Å². The molecule has 0 radical (unpaired) electrons. The molecule has 0 N–H and O–H groups in total. The number of carbonyl (C=O) groups is 1. The van der Waals surface area contributed by atoms with Crippen LogP contribution in [0.3, 0.4) is 0 Å². The highest BCUT2D eigenvalue weighted by molar-refractivity contribution is 5.97. The lowest BCUT2D eigenvalue weighted by atomic mass is 10.0. The number of carbonyl (C=O) groups excluding carboxylic acids is 1. The maximum atomic E-state index is 12.5. The van der Waals surface area contributed by atoms with E-state index in [1.54, 1.807) is 0 Å². The lowest BCUT2D eigenvalue weighted by molar-refractivity contribution is -0.933. The molecular weight excluding hydrogens is 236 g/mol. The predicted octanol–water partition coefficient (Wildman–Crippen LogP) is 1.58. The fraction of sp³-hybridized carbons (Fsp3) is 0.562. The number of hydrogen-bond donors (Lipinski definition) is 0. The number of rotatable bonds is 4. The molecule has 3 heteroatoms. The lowest BCUT2D eigenvalue weighted by Gasteiger charge is -2.50. The molecule has 3 nitrogen and oxygen atoms in total. The van der Waals surface area contributed by atoms with E-state index in [1.165, 1.54) is 25.2 Å². The van der Waals surface area contributed by atoms with Crippen LogP contribution in [-0.2, 0) is 6.42 Å². The van der Waals surface area contributed by atoms with Crippen molar-refractivity contribution in [3.05, 3.63) is 35.4 Å². The van der Waals surface area contributed by atoms with Crippen LogP contribution in [0.2, 0.25) is 0 Å². The first-order chi connectivity index (χ1) is 9.21. The van der Waals surface area contributed by atoms with Gasteiger partial charge in [0.2, 0.25) is 5.78 Å². The number of quaternary nitrogens is 1. The minimum absolute atomic E-state index is 0.318. The first kappa shape index (κ1) is 12.8. The smallest absolute Gasteiger partial charge is 0.216 e. The van der Waals surface area contributed by atoms with Gasteiger partial charge in [0.15, 0.2) is 0 Å². The molecule has 3 fully saturated rings. The van der Waals surface area contributed by atoms with Crippen LogP contribution in [0.25, 0.3) is 0 Å². The van der Waals surface area contributed by atoms with Gasteiger partial charge >= 0.3 is 0 Å². The highest BCUT2D eigenvalue weighted by Crippen LogP contribution is 2.20. The van der Waals surface area contributed by atoms with E-state index in [0.29, 0.717) is 12.3 Å². The summed E-state index contributed by atoms with van der Waals surface area (Å²) in [4.78, 5) is 15.0. The van der Waals surface area contributed by atoms with Crippen LogP contribution < -0.4 is 0 Å². The fourth-order valence-corrected chi connectivity index (χ4v) is 3.29. The van der Waals surface area contributed by atoms with Gasteiger partial charge in [-0.1, -0.05) is 31.2 Å². The van der Waals surface area contributed by atoms with E-state index in [2.05, 4.69) is 24.0 Å². The van der Waals surface area contributed by atoms with Crippen molar-refractivity contribution in [2.24, 2.45) is 0 Å². The summed E-state index contributed by atoms with van der Waals surface area (Å²) in [5.74, 6) is 0.318. The van der Waals surface area contributed by atoms with E-state index in [-0.39, 0.29) is 0 Å². The highest BCUT2D eigenvalue weighted by Gasteiger charge is 2.39. The van der Waals surface area contributed by atoms with Crippen molar-refractivity contribution in [2.45, 2.75) is 13.3 Å². The number of piperazine rings is 3. The molecule has 0 aliphatic carbocycles. The molecule has 0 aromatic heterocycles. The van der Waals surface area contributed by atoms with Gasteiger partial charge in [0.25, 0.3) is 0 Å². The molecule has 3 heterocycles. The fourth-order valence-electron chi connectivity index (χ4n) is 3.29. The van der Waals surface area contributed by atoms with E-state index in [1.807, 2.05) is 12.1 Å². The molecule has 1 aromatic rings. The molecule has 0 unspecified atom stereocenters. The van der Waals surface area contributed by atoms with Gasteiger partial charge in [-0.05, 0) is 12.0 Å². The Morgan fingerprint density at radius 2 is 1.68 bits per heavy atom. The van der Waals surface area contributed by atoms with Crippen LogP contribution in [0.4, 0.5) is 0 Å². The molecule has 1 aromatic carbocycles. The molecular formula is C16H23N2O+. The molecule has 0 spiro atoms. The molecule has 19 heavy (non-hydrogen) atoms. The van der Waals surface area contributed by atoms with Crippen molar-refractivity contribution in [2.75, 3.05) is 45.8 Å². The van der Waals surface area contributed by atoms with Crippen LogP contribution in [0, 0.1) is 0 Å². The molecule has 3 aliphatic heterocycles. The summed E-state index contributed by atoms with van der Waals surface area (Å²) in [6.07, 6.45) is 1.03. The van der Waals surface area contributed by atoms with Gasteiger partial charge in [-0.15, -0.1) is 0 Å². The Bertz CT molecular complexity index is 444. The Morgan fingerprint density at radius 1 is 1.11 bits per heavy atom. The first-order valence-electron chi connectivity index (χ1n) is 7.40. The standard InChI is InChI=1S/C16H23N2O/c1-2-14-3-5-15(6-4-14)16(19)13-18-10-7-17(8-11-18)9-12-18/h3-6H,2,7-13H2,1H3/q+1. The maximum absolute atomic E-state index is 12.5. The summed E-state index contributed by atoms with van der Waals surface area (Å²) in [6, 6.07) is 8.17. The number of ketones is 1. The normalized spacial score (nSPS) is 29.4. The molecule has 3 aliphatic rings. The maximum Gasteiger partial charge on any atom is 0.216 e. The minimum atomic E-state index is 0.318. The molecule has 102 valence electrons. The minimum Gasteiger partial charge on any atom is -0.314 e. The summed E-state index contributed by atoms with van der Waals surface area (Å²) >= 11 is 0. The molecule has 0 saturated carbocycles. The quantitative estimate of drug-likeness (QED) is 0.604.